The number of ether oxygens (including phenoxy) is 2. The molecule has 0 radical (unpaired) electrons. The molecule has 122 valence electrons. The van der Waals surface area contributed by atoms with E-state index in [9.17, 15) is 9.59 Å². The van der Waals surface area contributed by atoms with Crippen molar-refractivity contribution in [1.29, 1.82) is 0 Å². The summed E-state index contributed by atoms with van der Waals surface area (Å²) in [4.78, 5) is 21.9. The number of hydrogen-bond acceptors (Lipinski definition) is 4. The Hall–Kier alpha value is 0.110. The normalized spacial score (nSPS) is 11.9. The van der Waals surface area contributed by atoms with Crippen LogP contribution >= 0.6 is 67.8 Å². The van der Waals surface area contributed by atoms with E-state index in [1.165, 1.54) is 13.8 Å². The Labute approximate surface area is 169 Å². The smallest absolute Gasteiger partial charge is 0.332 e. The molecule has 1 aromatic rings. The van der Waals surface area contributed by atoms with Crippen molar-refractivity contribution >= 4 is 85.3 Å². The summed E-state index contributed by atoms with van der Waals surface area (Å²) < 4.78 is 13.4. The number of anilines is 1. The minimum atomic E-state index is -1.01. The molecule has 0 aliphatic carbocycles. The third kappa shape index (κ3) is 5.96. The van der Waals surface area contributed by atoms with E-state index < -0.39 is 12.1 Å². The second kappa shape index (κ2) is 9.42. The average Bonchev–Trinajstić information content (AvgIpc) is 2.41. The number of amides is 1. The van der Waals surface area contributed by atoms with Gasteiger partial charge in [-0.05, 0) is 80.8 Å². The maximum Gasteiger partial charge on any atom is 0.332 e. The fourth-order valence-electron chi connectivity index (χ4n) is 1.44. The molecule has 0 bridgehead atoms. The molecule has 6 nitrogen and oxygen atoms in total. The van der Waals surface area contributed by atoms with E-state index in [-0.39, 0.29) is 19.1 Å². The number of nitrogens with one attached hydrogen (secondary N) is 1. The maximum atomic E-state index is 11.3. The van der Waals surface area contributed by atoms with Crippen molar-refractivity contribution in [2.45, 2.75) is 20.0 Å². The molecular formula is C13H14I3NO5. The molecule has 22 heavy (non-hydrogen) atoms. The van der Waals surface area contributed by atoms with Crippen molar-refractivity contribution in [3.8, 4) is 5.75 Å². The predicted molar refractivity (Wildman–Crippen MR) is 107 cm³/mol. The molecule has 1 amide bonds. The lowest BCUT2D eigenvalue weighted by molar-refractivity contribution is -0.149. The first-order chi connectivity index (χ1) is 10.2. The predicted octanol–water partition coefficient (Wildman–Crippen LogP) is 3.33. The van der Waals surface area contributed by atoms with Crippen molar-refractivity contribution in [2.24, 2.45) is 0 Å². The van der Waals surface area contributed by atoms with Crippen LogP contribution in [-0.4, -0.2) is 36.3 Å². The molecule has 0 aliphatic heterocycles. The van der Waals surface area contributed by atoms with E-state index in [0.29, 0.717) is 11.4 Å². The van der Waals surface area contributed by atoms with Crippen LogP contribution in [0.3, 0.4) is 0 Å². The Balaban J connectivity index is 2.78. The highest BCUT2D eigenvalue weighted by Gasteiger charge is 2.17. The second-order valence-corrected chi connectivity index (χ2v) is 7.64. The van der Waals surface area contributed by atoms with Crippen molar-refractivity contribution in [2.75, 3.05) is 18.5 Å². The number of carboxylic acid groups (broad SMARTS) is 1. The fraction of sp³-hybridized carbons (Fsp3) is 0.385. The molecule has 1 unspecified atom stereocenters. The molecule has 0 aromatic heterocycles. The van der Waals surface area contributed by atoms with Gasteiger partial charge in [-0.15, -0.1) is 0 Å². The van der Waals surface area contributed by atoms with E-state index in [4.69, 9.17) is 14.6 Å². The van der Waals surface area contributed by atoms with Gasteiger partial charge in [0.15, 0.2) is 6.10 Å². The third-order valence-corrected chi connectivity index (χ3v) is 5.16. The van der Waals surface area contributed by atoms with Gasteiger partial charge in [0.05, 0.1) is 19.4 Å². The highest BCUT2D eigenvalue weighted by molar-refractivity contribution is 14.1. The van der Waals surface area contributed by atoms with Crippen LogP contribution in [0.1, 0.15) is 13.8 Å². The first kappa shape index (κ1) is 20.2. The molecule has 9 heteroatoms. The second-order valence-electron chi connectivity index (χ2n) is 4.24. The summed E-state index contributed by atoms with van der Waals surface area (Å²) in [5.74, 6) is -0.509. The van der Waals surface area contributed by atoms with E-state index >= 15 is 0 Å². The largest absolute Gasteiger partial charge is 0.489 e. The van der Waals surface area contributed by atoms with E-state index in [0.717, 1.165) is 10.7 Å². The minimum absolute atomic E-state index is 0.151. The minimum Gasteiger partial charge on any atom is -0.489 e. The van der Waals surface area contributed by atoms with Crippen LogP contribution in [0.2, 0.25) is 0 Å². The first-order valence-corrected chi connectivity index (χ1v) is 9.40. The molecular weight excluding hydrogens is 631 g/mol. The van der Waals surface area contributed by atoms with Crippen LogP contribution in [0.5, 0.6) is 5.75 Å². The van der Waals surface area contributed by atoms with Crippen molar-refractivity contribution < 1.29 is 24.2 Å². The van der Waals surface area contributed by atoms with Crippen molar-refractivity contribution in [1.82, 2.24) is 0 Å². The summed E-state index contributed by atoms with van der Waals surface area (Å²) >= 11 is 6.43. The van der Waals surface area contributed by atoms with E-state index in [1.54, 1.807) is 0 Å². The molecule has 2 N–H and O–H groups in total. The molecule has 0 fully saturated rings. The van der Waals surface area contributed by atoms with Crippen LogP contribution < -0.4 is 10.1 Å². The van der Waals surface area contributed by atoms with Gasteiger partial charge in [-0.3, -0.25) is 4.79 Å². The van der Waals surface area contributed by atoms with Gasteiger partial charge in [-0.1, -0.05) is 0 Å². The molecule has 1 aromatic carbocycles. The van der Waals surface area contributed by atoms with Crippen LogP contribution in [0, 0.1) is 10.7 Å². The summed E-state index contributed by atoms with van der Waals surface area (Å²) in [7, 11) is 0. The lowest BCUT2D eigenvalue weighted by Gasteiger charge is -2.16. The summed E-state index contributed by atoms with van der Waals surface area (Å²) in [6.07, 6.45) is -0.867. The highest BCUT2D eigenvalue weighted by atomic mass is 127. The number of hydrogen-bond donors (Lipinski definition) is 2. The number of carbonyl (C=O) groups excluding carboxylic acids is 1. The summed E-state index contributed by atoms with van der Waals surface area (Å²) in [6.45, 7) is 3.31. The number of carbonyl (C=O) groups is 2. The van der Waals surface area contributed by atoms with Crippen LogP contribution in [-0.2, 0) is 14.3 Å². The number of halogens is 3. The Morgan fingerprint density at radius 3 is 2.45 bits per heavy atom. The number of rotatable bonds is 7. The van der Waals surface area contributed by atoms with Crippen LogP contribution in [0.4, 0.5) is 5.69 Å². The Morgan fingerprint density at radius 1 is 1.27 bits per heavy atom. The van der Waals surface area contributed by atoms with E-state index in [1.807, 2.05) is 6.07 Å². The lowest BCUT2D eigenvalue weighted by Crippen LogP contribution is -2.22. The monoisotopic (exact) mass is 645 g/mol. The van der Waals surface area contributed by atoms with Gasteiger partial charge in [0.25, 0.3) is 0 Å². The van der Waals surface area contributed by atoms with Gasteiger partial charge >= 0.3 is 5.97 Å². The Kier molecular flexibility index (Phi) is 8.63. The molecule has 1 rings (SSSR count). The Morgan fingerprint density at radius 2 is 1.91 bits per heavy atom. The molecule has 0 saturated carbocycles. The SMILES string of the molecule is CC(=O)Nc1c(I)cc(I)c(OCCOC(C)C(=O)O)c1I. The van der Waals surface area contributed by atoms with Crippen LogP contribution in [0.15, 0.2) is 6.07 Å². The van der Waals surface area contributed by atoms with Gasteiger partial charge in [-0.2, -0.15) is 0 Å². The first-order valence-electron chi connectivity index (χ1n) is 6.16. The topological polar surface area (TPSA) is 84.9 Å². The molecule has 1 atom stereocenters. The molecule has 0 saturated heterocycles. The number of benzene rings is 1. The summed E-state index contributed by atoms with van der Waals surface area (Å²) in [5, 5.41) is 11.5. The number of aliphatic carboxylic acids is 1. The maximum absolute atomic E-state index is 11.3. The molecule has 0 heterocycles. The van der Waals surface area contributed by atoms with Gasteiger partial charge in [0, 0.05) is 10.5 Å². The lowest BCUT2D eigenvalue weighted by atomic mass is 10.3. The van der Waals surface area contributed by atoms with Gasteiger partial charge in [-0.25, -0.2) is 4.79 Å². The zero-order chi connectivity index (χ0) is 16.9. The third-order valence-electron chi connectivity index (χ3n) is 2.47. The fourth-order valence-corrected chi connectivity index (χ4v) is 5.39. The van der Waals surface area contributed by atoms with Gasteiger partial charge in [0.1, 0.15) is 12.4 Å². The highest BCUT2D eigenvalue weighted by Crippen LogP contribution is 2.36. The van der Waals surface area contributed by atoms with Crippen molar-refractivity contribution in [3.05, 3.63) is 16.8 Å². The molecule has 0 aliphatic rings. The zero-order valence-corrected chi connectivity index (χ0v) is 18.3. The van der Waals surface area contributed by atoms with E-state index in [2.05, 4.69) is 73.1 Å². The average molecular weight is 645 g/mol. The van der Waals surface area contributed by atoms with Crippen molar-refractivity contribution in [3.63, 3.8) is 0 Å². The summed E-state index contributed by atoms with van der Waals surface area (Å²) in [6, 6.07) is 1.91. The summed E-state index contributed by atoms with van der Waals surface area (Å²) in [5.41, 5.74) is 0.712. The Bertz CT molecular complexity index is 579. The zero-order valence-electron chi connectivity index (χ0n) is 11.8. The standard InChI is InChI=1S/C13H14I3NO5/c1-6(13(19)20)21-3-4-22-12-9(15)5-8(14)11(10(12)16)17-7(2)18/h5-6H,3-4H2,1-2H3,(H,17,18)(H,19,20). The molecule has 0 spiro atoms. The quantitative estimate of drug-likeness (QED) is 0.352. The number of carboxylic acids is 1. The van der Waals surface area contributed by atoms with Crippen LogP contribution in [0.25, 0.3) is 0 Å². The van der Waals surface area contributed by atoms with Gasteiger partial charge < -0.3 is 19.9 Å². The van der Waals surface area contributed by atoms with Gasteiger partial charge in [0.2, 0.25) is 5.91 Å².